The van der Waals surface area contributed by atoms with Crippen LogP contribution in [0.15, 0.2) is 47.4 Å². The molecule has 0 fully saturated rings. The van der Waals surface area contributed by atoms with E-state index in [1.165, 1.54) is 12.1 Å². The summed E-state index contributed by atoms with van der Waals surface area (Å²) in [5.74, 6) is -0.768. The molecule has 0 aliphatic carbocycles. The standard InChI is InChI=1S/C15H17FN2O2S/c1-11-5-3-4-6-14(11)18-21(19,20)15-9-12(10-17-2)7-8-13(15)16/h3-9,17-18H,10H2,1-2H3. The van der Waals surface area contributed by atoms with Crippen molar-refractivity contribution < 1.29 is 12.8 Å². The number of anilines is 1. The minimum atomic E-state index is -3.96. The van der Waals surface area contributed by atoms with Crippen LogP contribution in [0.3, 0.4) is 0 Å². The van der Waals surface area contributed by atoms with Crippen LogP contribution in [0.5, 0.6) is 0 Å². The molecule has 0 radical (unpaired) electrons. The Morgan fingerprint density at radius 1 is 1.14 bits per heavy atom. The number of nitrogens with one attached hydrogen (secondary N) is 2. The molecule has 2 aromatic rings. The number of aryl methyl sites for hydroxylation is 1. The molecule has 0 saturated heterocycles. The molecule has 0 amide bonds. The number of para-hydroxylation sites is 1. The zero-order valence-corrected chi connectivity index (χ0v) is 12.7. The summed E-state index contributed by atoms with van der Waals surface area (Å²) in [6.07, 6.45) is 0. The highest BCUT2D eigenvalue weighted by molar-refractivity contribution is 7.92. The molecule has 2 rings (SSSR count). The van der Waals surface area contributed by atoms with Crippen molar-refractivity contribution in [2.45, 2.75) is 18.4 Å². The Kier molecular flexibility index (Phi) is 4.59. The summed E-state index contributed by atoms with van der Waals surface area (Å²) in [5, 5.41) is 2.90. The Morgan fingerprint density at radius 3 is 2.52 bits per heavy atom. The average molecular weight is 308 g/mol. The monoisotopic (exact) mass is 308 g/mol. The maximum Gasteiger partial charge on any atom is 0.264 e. The fourth-order valence-corrected chi connectivity index (χ4v) is 3.21. The Balaban J connectivity index is 2.40. The van der Waals surface area contributed by atoms with Crippen LogP contribution < -0.4 is 10.0 Å². The predicted molar refractivity (Wildman–Crippen MR) is 81.2 cm³/mol. The summed E-state index contributed by atoms with van der Waals surface area (Å²) < 4.78 is 41.0. The van der Waals surface area contributed by atoms with Crippen molar-refractivity contribution in [1.82, 2.24) is 5.32 Å². The van der Waals surface area contributed by atoms with Gasteiger partial charge in [0.15, 0.2) is 0 Å². The number of halogens is 1. The molecule has 0 atom stereocenters. The highest BCUT2D eigenvalue weighted by atomic mass is 32.2. The molecular formula is C15H17FN2O2S. The van der Waals surface area contributed by atoms with Gasteiger partial charge in [-0.3, -0.25) is 4.72 Å². The van der Waals surface area contributed by atoms with Crippen molar-refractivity contribution in [1.29, 1.82) is 0 Å². The molecular weight excluding hydrogens is 291 g/mol. The van der Waals surface area contributed by atoms with Crippen molar-refractivity contribution in [3.8, 4) is 0 Å². The topological polar surface area (TPSA) is 58.2 Å². The number of benzene rings is 2. The highest BCUT2D eigenvalue weighted by Crippen LogP contribution is 2.22. The van der Waals surface area contributed by atoms with Gasteiger partial charge in [-0.1, -0.05) is 24.3 Å². The lowest BCUT2D eigenvalue weighted by Crippen LogP contribution is -2.16. The molecule has 0 aliphatic heterocycles. The molecule has 0 unspecified atom stereocenters. The van der Waals surface area contributed by atoms with Crippen LogP contribution in [0.4, 0.5) is 10.1 Å². The summed E-state index contributed by atoms with van der Waals surface area (Å²) in [5.41, 5.74) is 1.91. The van der Waals surface area contributed by atoms with Crippen LogP contribution in [0, 0.1) is 12.7 Å². The van der Waals surface area contributed by atoms with Crippen molar-refractivity contribution >= 4 is 15.7 Å². The van der Waals surface area contributed by atoms with Crippen LogP contribution in [-0.4, -0.2) is 15.5 Å². The van der Waals surface area contributed by atoms with Crippen molar-refractivity contribution in [3.05, 3.63) is 59.4 Å². The molecule has 112 valence electrons. The molecule has 0 saturated carbocycles. The van der Waals surface area contributed by atoms with Gasteiger partial charge in [-0.15, -0.1) is 0 Å². The van der Waals surface area contributed by atoms with Crippen LogP contribution in [0.25, 0.3) is 0 Å². The first-order valence-electron chi connectivity index (χ1n) is 6.45. The molecule has 0 aromatic heterocycles. The largest absolute Gasteiger partial charge is 0.316 e. The summed E-state index contributed by atoms with van der Waals surface area (Å²) in [6, 6.07) is 11.0. The van der Waals surface area contributed by atoms with Gasteiger partial charge in [0.25, 0.3) is 10.0 Å². The number of hydrogen-bond acceptors (Lipinski definition) is 3. The lowest BCUT2D eigenvalue weighted by Gasteiger charge is -2.12. The lowest BCUT2D eigenvalue weighted by atomic mass is 10.2. The third kappa shape index (κ3) is 3.59. The van der Waals surface area contributed by atoms with E-state index in [2.05, 4.69) is 10.0 Å². The predicted octanol–water partition coefficient (Wildman–Crippen LogP) is 2.65. The van der Waals surface area contributed by atoms with Gasteiger partial charge in [0.05, 0.1) is 5.69 Å². The maximum atomic E-state index is 13.9. The number of hydrogen-bond donors (Lipinski definition) is 2. The molecule has 2 N–H and O–H groups in total. The molecule has 0 aliphatic rings. The Morgan fingerprint density at radius 2 is 1.86 bits per heavy atom. The minimum Gasteiger partial charge on any atom is -0.316 e. The average Bonchev–Trinajstić information content (AvgIpc) is 2.43. The number of sulfonamides is 1. The lowest BCUT2D eigenvalue weighted by molar-refractivity contribution is 0.569. The van der Waals surface area contributed by atoms with Crippen LogP contribution >= 0.6 is 0 Å². The fraction of sp³-hybridized carbons (Fsp3) is 0.200. The van der Waals surface area contributed by atoms with E-state index in [0.29, 0.717) is 17.8 Å². The van der Waals surface area contributed by atoms with E-state index in [0.717, 1.165) is 5.56 Å². The third-order valence-electron chi connectivity index (χ3n) is 3.06. The van der Waals surface area contributed by atoms with Crippen LogP contribution in [0.2, 0.25) is 0 Å². The summed E-state index contributed by atoms with van der Waals surface area (Å²) in [6.45, 7) is 2.25. The smallest absolute Gasteiger partial charge is 0.264 e. The summed E-state index contributed by atoms with van der Waals surface area (Å²) in [7, 11) is -2.22. The first-order chi connectivity index (χ1) is 9.94. The minimum absolute atomic E-state index is 0.349. The second-order valence-electron chi connectivity index (χ2n) is 4.72. The van der Waals surface area contributed by atoms with E-state index in [4.69, 9.17) is 0 Å². The van der Waals surface area contributed by atoms with E-state index in [1.54, 1.807) is 44.3 Å². The van der Waals surface area contributed by atoms with Crippen molar-refractivity contribution in [3.63, 3.8) is 0 Å². The Labute approximate surface area is 124 Å². The van der Waals surface area contributed by atoms with Crippen molar-refractivity contribution in [2.75, 3.05) is 11.8 Å². The summed E-state index contributed by atoms with van der Waals surface area (Å²) in [4.78, 5) is -0.349. The second kappa shape index (κ2) is 6.24. The Bertz CT molecular complexity index is 745. The van der Waals surface area contributed by atoms with E-state index in [9.17, 15) is 12.8 Å². The molecule has 0 bridgehead atoms. The first kappa shape index (κ1) is 15.5. The van der Waals surface area contributed by atoms with Gasteiger partial charge in [0.1, 0.15) is 10.7 Å². The molecule has 4 nitrogen and oxygen atoms in total. The van der Waals surface area contributed by atoms with E-state index >= 15 is 0 Å². The van der Waals surface area contributed by atoms with Crippen LogP contribution in [0.1, 0.15) is 11.1 Å². The van der Waals surface area contributed by atoms with Gasteiger partial charge in [0.2, 0.25) is 0 Å². The summed E-state index contributed by atoms with van der Waals surface area (Å²) >= 11 is 0. The zero-order valence-electron chi connectivity index (χ0n) is 11.9. The van der Waals surface area contributed by atoms with Crippen LogP contribution in [-0.2, 0) is 16.6 Å². The second-order valence-corrected chi connectivity index (χ2v) is 6.37. The molecule has 0 heterocycles. The molecule has 21 heavy (non-hydrogen) atoms. The van der Waals surface area contributed by atoms with Crippen molar-refractivity contribution in [2.24, 2.45) is 0 Å². The van der Waals surface area contributed by atoms with Gasteiger partial charge in [-0.25, -0.2) is 12.8 Å². The SMILES string of the molecule is CNCc1ccc(F)c(S(=O)(=O)Nc2ccccc2C)c1. The molecule has 2 aromatic carbocycles. The quantitative estimate of drug-likeness (QED) is 0.893. The molecule has 6 heteroatoms. The first-order valence-corrected chi connectivity index (χ1v) is 7.94. The van der Waals surface area contributed by atoms with E-state index in [1.807, 2.05) is 0 Å². The van der Waals surface area contributed by atoms with Gasteiger partial charge in [-0.2, -0.15) is 0 Å². The number of rotatable bonds is 5. The third-order valence-corrected chi connectivity index (χ3v) is 4.44. The maximum absolute atomic E-state index is 13.9. The van der Waals surface area contributed by atoms with Gasteiger partial charge in [-0.05, 0) is 43.3 Å². The van der Waals surface area contributed by atoms with Gasteiger partial charge < -0.3 is 5.32 Å². The van der Waals surface area contributed by atoms with E-state index in [-0.39, 0.29) is 4.90 Å². The molecule has 0 spiro atoms. The van der Waals surface area contributed by atoms with Gasteiger partial charge in [0, 0.05) is 6.54 Å². The highest BCUT2D eigenvalue weighted by Gasteiger charge is 2.20. The zero-order chi connectivity index (χ0) is 15.5. The van der Waals surface area contributed by atoms with Gasteiger partial charge >= 0.3 is 0 Å². The Hall–Kier alpha value is -1.92. The van der Waals surface area contributed by atoms with E-state index < -0.39 is 15.8 Å². The fourth-order valence-electron chi connectivity index (χ4n) is 1.95. The normalized spacial score (nSPS) is 11.4.